The second kappa shape index (κ2) is 7.00. The molecule has 128 valence electrons. The summed E-state index contributed by atoms with van der Waals surface area (Å²) in [6, 6.07) is 6.35. The molecule has 0 spiro atoms. The largest absolute Gasteiger partial charge is 0.443 e. The number of aliphatic hydroxyl groups excluding tert-OH is 1. The highest BCUT2D eigenvalue weighted by Crippen LogP contribution is 2.22. The van der Waals surface area contributed by atoms with E-state index in [4.69, 9.17) is 14.6 Å². The Morgan fingerprint density at radius 2 is 1.30 bits per heavy atom. The van der Waals surface area contributed by atoms with E-state index in [2.05, 4.69) is 0 Å². The summed E-state index contributed by atoms with van der Waals surface area (Å²) in [5.41, 5.74) is -0.516. The van der Waals surface area contributed by atoms with Crippen LogP contribution in [0.5, 0.6) is 0 Å². The van der Waals surface area contributed by atoms with Crippen LogP contribution in [0.4, 0.5) is 15.3 Å². The lowest BCUT2D eigenvalue weighted by Gasteiger charge is -2.28. The van der Waals surface area contributed by atoms with E-state index in [1.807, 2.05) is 0 Å². The van der Waals surface area contributed by atoms with Gasteiger partial charge in [0.1, 0.15) is 11.2 Å². The molecule has 1 N–H and O–H groups in total. The predicted molar refractivity (Wildman–Crippen MR) is 87.3 cm³/mol. The number of amides is 2. The zero-order chi connectivity index (χ0) is 17.8. The van der Waals surface area contributed by atoms with Gasteiger partial charge in [0.05, 0.1) is 12.3 Å². The molecule has 0 bridgehead atoms. The average Bonchev–Trinajstić information content (AvgIpc) is 2.35. The van der Waals surface area contributed by atoms with E-state index in [9.17, 15) is 9.59 Å². The van der Waals surface area contributed by atoms with E-state index in [-0.39, 0.29) is 6.61 Å². The van der Waals surface area contributed by atoms with Gasteiger partial charge in [-0.25, -0.2) is 9.59 Å². The SMILES string of the molecule is CC(C)(C)OC(=O)N(C(=O)OC(C)(C)C)c1ccc(CO)cc1. The Hall–Kier alpha value is -2.08. The minimum Gasteiger partial charge on any atom is -0.443 e. The first kappa shape index (κ1) is 19.0. The second-order valence-corrected chi connectivity index (χ2v) is 7.12. The normalized spacial score (nSPS) is 11.8. The number of ether oxygens (including phenoxy) is 2. The molecule has 0 aliphatic heterocycles. The molecular formula is C17H25NO5. The van der Waals surface area contributed by atoms with Gasteiger partial charge in [0.25, 0.3) is 0 Å². The van der Waals surface area contributed by atoms with Crippen LogP contribution in [0.1, 0.15) is 47.1 Å². The van der Waals surface area contributed by atoms with Gasteiger partial charge in [-0.1, -0.05) is 12.1 Å². The monoisotopic (exact) mass is 323 g/mol. The third-order valence-corrected chi connectivity index (χ3v) is 2.53. The van der Waals surface area contributed by atoms with Crippen molar-refractivity contribution in [1.82, 2.24) is 0 Å². The Balaban J connectivity index is 3.14. The third-order valence-electron chi connectivity index (χ3n) is 2.53. The molecular weight excluding hydrogens is 298 g/mol. The van der Waals surface area contributed by atoms with Crippen LogP contribution >= 0.6 is 0 Å². The number of hydrogen-bond acceptors (Lipinski definition) is 5. The molecule has 0 radical (unpaired) electrons. The summed E-state index contributed by atoms with van der Waals surface area (Å²) >= 11 is 0. The molecule has 1 aromatic carbocycles. The van der Waals surface area contributed by atoms with Crippen molar-refractivity contribution >= 4 is 17.9 Å². The van der Waals surface area contributed by atoms with Crippen molar-refractivity contribution in [1.29, 1.82) is 0 Å². The van der Waals surface area contributed by atoms with Crippen molar-refractivity contribution < 1.29 is 24.2 Å². The molecule has 0 heterocycles. The summed E-state index contributed by atoms with van der Waals surface area (Å²) < 4.78 is 10.6. The fourth-order valence-corrected chi connectivity index (χ4v) is 1.65. The number of hydrogen-bond donors (Lipinski definition) is 1. The van der Waals surface area contributed by atoms with Crippen LogP contribution in [0, 0.1) is 0 Å². The molecule has 0 unspecified atom stereocenters. The summed E-state index contributed by atoms with van der Waals surface area (Å²) in [5.74, 6) is 0. The van der Waals surface area contributed by atoms with E-state index < -0.39 is 23.4 Å². The predicted octanol–water partition coefficient (Wildman–Crippen LogP) is 3.86. The van der Waals surface area contributed by atoms with E-state index in [1.165, 1.54) is 0 Å². The summed E-state index contributed by atoms with van der Waals surface area (Å²) in [5, 5.41) is 9.09. The zero-order valence-corrected chi connectivity index (χ0v) is 14.5. The molecule has 1 rings (SSSR count). The first-order chi connectivity index (χ1) is 10.4. The summed E-state index contributed by atoms with van der Waals surface area (Å²) in [6.45, 7) is 10.2. The van der Waals surface area contributed by atoms with Crippen molar-refractivity contribution in [2.45, 2.75) is 59.4 Å². The van der Waals surface area contributed by atoms with Crippen LogP contribution in [0.25, 0.3) is 0 Å². The molecule has 0 saturated carbocycles. The molecule has 0 atom stereocenters. The van der Waals surface area contributed by atoms with E-state index in [0.717, 1.165) is 4.90 Å². The van der Waals surface area contributed by atoms with Crippen molar-refractivity contribution in [3.8, 4) is 0 Å². The summed E-state index contributed by atoms with van der Waals surface area (Å²) in [7, 11) is 0. The molecule has 0 aromatic heterocycles. The number of imide groups is 1. The van der Waals surface area contributed by atoms with Crippen molar-refractivity contribution in [2.75, 3.05) is 4.90 Å². The highest BCUT2D eigenvalue weighted by Gasteiger charge is 2.32. The number of benzene rings is 1. The first-order valence-electron chi connectivity index (χ1n) is 7.39. The maximum Gasteiger partial charge on any atom is 0.424 e. The van der Waals surface area contributed by atoms with Gasteiger partial charge in [0.15, 0.2) is 0 Å². The van der Waals surface area contributed by atoms with E-state index >= 15 is 0 Å². The quantitative estimate of drug-likeness (QED) is 0.894. The van der Waals surface area contributed by atoms with Crippen molar-refractivity contribution in [3.05, 3.63) is 29.8 Å². The van der Waals surface area contributed by atoms with E-state index in [1.54, 1.807) is 65.8 Å². The molecule has 1 aromatic rings. The van der Waals surface area contributed by atoms with Gasteiger partial charge in [-0.15, -0.1) is 0 Å². The van der Waals surface area contributed by atoms with Gasteiger partial charge in [-0.2, -0.15) is 4.90 Å². The topological polar surface area (TPSA) is 76.1 Å². The van der Waals surface area contributed by atoms with Crippen LogP contribution in [0.15, 0.2) is 24.3 Å². The van der Waals surface area contributed by atoms with Crippen LogP contribution < -0.4 is 4.90 Å². The highest BCUT2D eigenvalue weighted by atomic mass is 16.6. The van der Waals surface area contributed by atoms with Crippen molar-refractivity contribution in [3.63, 3.8) is 0 Å². The Kier molecular flexibility index (Phi) is 5.77. The molecule has 6 nitrogen and oxygen atoms in total. The second-order valence-electron chi connectivity index (χ2n) is 7.12. The maximum atomic E-state index is 12.4. The smallest absolute Gasteiger partial charge is 0.424 e. The minimum atomic E-state index is -0.816. The molecule has 0 saturated heterocycles. The van der Waals surface area contributed by atoms with Crippen LogP contribution in [0.3, 0.4) is 0 Å². The minimum absolute atomic E-state index is 0.126. The Labute approximate surface area is 137 Å². The standard InChI is InChI=1S/C17H25NO5/c1-16(2,3)22-14(20)18(15(21)23-17(4,5)6)13-9-7-12(11-19)8-10-13/h7-10,19H,11H2,1-6H3. The Bertz CT molecular complexity index is 524. The summed E-state index contributed by atoms with van der Waals surface area (Å²) in [6.07, 6.45) is -1.63. The molecule has 0 fully saturated rings. The first-order valence-corrected chi connectivity index (χ1v) is 7.39. The van der Waals surface area contributed by atoms with Gasteiger partial charge in [0, 0.05) is 0 Å². The van der Waals surface area contributed by atoms with Gasteiger partial charge in [0.2, 0.25) is 0 Å². The van der Waals surface area contributed by atoms with Crippen LogP contribution in [0.2, 0.25) is 0 Å². The Morgan fingerprint density at radius 1 is 0.913 bits per heavy atom. The van der Waals surface area contributed by atoms with Gasteiger partial charge < -0.3 is 14.6 Å². The third kappa shape index (κ3) is 6.28. The lowest BCUT2D eigenvalue weighted by molar-refractivity contribution is 0.0431. The fraction of sp³-hybridized carbons (Fsp3) is 0.529. The average molecular weight is 323 g/mol. The molecule has 0 aliphatic rings. The van der Waals surface area contributed by atoms with Gasteiger partial charge >= 0.3 is 12.2 Å². The van der Waals surface area contributed by atoms with Crippen molar-refractivity contribution in [2.24, 2.45) is 0 Å². The van der Waals surface area contributed by atoms with E-state index in [0.29, 0.717) is 11.3 Å². The fourth-order valence-electron chi connectivity index (χ4n) is 1.65. The molecule has 2 amide bonds. The lowest BCUT2D eigenvalue weighted by Crippen LogP contribution is -2.43. The van der Waals surface area contributed by atoms with Gasteiger partial charge in [-0.05, 0) is 59.2 Å². The highest BCUT2D eigenvalue weighted by molar-refractivity contribution is 6.09. The molecule has 6 heteroatoms. The van der Waals surface area contributed by atoms with Crippen LogP contribution in [-0.2, 0) is 16.1 Å². The Morgan fingerprint density at radius 3 is 1.61 bits per heavy atom. The molecule has 0 aliphatic carbocycles. The number of rotatable bonds is 2. The van der Waals surface area contributed by atoms with Crippen LogP contribution in [-0.4, -0.2) is 28.5 Å². The lowest BCUT2D eigenvalue weighted by atomic mass is 10.2. The number of carbonyl (C=O) groups excluding carboxylic acids is 2. The van der Waals surface area contributed by atoms with Gasteiger partial charge in [-0.3, -0.25) is 0 Å². The number of anilines is 1. The molecule has 23 heavy (non-hydrogen) atoms. The maximum absolute atomic E-state index is 12.4. The summed E-state index contributed by atoms with van der Waals surface area (Å²) in [4.78, 5) is 25.6. The number of aliphatic hydroxyl groups is 1. The zero-order valence-electron chi connectivity index (χ0n) is 14.5. The number of nitrogens with zero attached hydrogens (tertiary/aromatic N) is 1. The number of carbonyl (C=O) groups is 2.